The number of hydrogen-bond donors (Lipinski definition) is 0. The highest BCUT2D eigenvalue weighted by Crippen LogP contribution is 2.44. The van der Waals surface area contributed by atoms with Gasteiger partial charge in [0.2, 0.25) is 0 Å². The van der Waals surface area contributed by atoms with Crippen LogP contribution in [0.1, 0.15) is 0 Å². The fourth-order valence-corrected chi connectivity index (χ4v) is 10.3. The van der Waals surface area contributed by atoms with Crippen LogP contribution >= 0.6 is 11.3 Å². The van der Waals surface area contributed by atoms with Crippen LogP contribution in [-0.4, -0.2) is 0 Å². The van der Waals surface area contributed by atoms with Gasteiger partial charge in [0.1, 0.15) is 11.2 Å². The molecule has 0 unspecified atom stereocenters. The van der Waals surface area contributed by atoms with E-state index in [1.807, 2.05) is 11.3 Å². The average Bonchev–Trinajstić information content (AvgIpc) is 3.89. The minimum Gasteiger partial charge on any atom is -0.456 e. The summed E-state index contributed by atoms with van der Waals surface area (Å²) >= 11 is 1.87. The van der Waals surface area contributed by atoms with Gasteiger partial charge in [0.25, 0.3) is 0 Å². The first kappa shape index (κ1) is 35.2. The molecule has 0 aliphatic rings. The van der Waals surface area contributed by atoms with Crippen molar-refractivity contribution in [3.8, 4) is 44.5 Å². The van der Waals surface area contributed by atoms with Crippen molar-refractivity contribution in [2.75, 3.05) is 4.90 Å². The van der Waals surface area contributed by atoms with Crippen molar-refractivity contribution in [2.24, 2.45) is 0 Å². The molecule has 0 amide bonds. The third kappa shape index (κ3) is 6.18. The quantitative estimate of drug-likeness (QED) is 0.160. The molecule has 3 heteroatoms. The summed E-state index contributed by atoms with van der Waals surface area (Å²) in [5, 5.41) is 7.26. The Kier molecular flexibility index (Phi) is 8.39. The Balaban J connectivity index is 1.00. The van der Waals surface area contributed by atoms with Gasteiger partial charge in [0, 0.05) is 48.0 Å². The largest absolute Gasteiger partial charge is 0.456 e. The molecule has 0 fully saturated rings. The Morgan fingerprint density at radius 2 is 0.885 bits per heavy atom. The summed E-state index contributed by atoms with van der Waals surface area (Å²) in [6.07, 6.45) is 0. The molecule has 2 nitrogen and oxygen atoms in total. The zero-order valence-electron chi connectivity index (χ0n) is 33.1. The van der Waals surface area contributed by atoms with Gasteiger partial charge < -0.3 is 9.32 Å². The molecule has 0 aliphatic carbocycles. The minimum absolute atomic E-state index is 0.893. The standard InChI is InChI=1S/C58H37NOS/c1-3-12-38(13-4-1)39-22-27-45(28-23-39)59(46-29-24-41(25-30-46)49-19-11-20-51-50-18-9-10-21-57(50)61-58(49)51)47-31-32-48(52(37-47)40-14-5-2-6-15-40)44-26-33-55-53(35-44)54-34-42-16-7-8-17-43(42)36-56(54)60-55/h1-37H. The first-order valence-corrected chi connectivity index (χ1v) is 21.5. The van der Waals surface area contributed by atoms with E-state index in [-0.39, 0.29) is 0 Å². The van der Waals surface area contributed by atoms with Crippen molar-refractivity contribution >= 4 is 81.3 Å². The second kappa shape index (κ2) is 14.5. The Hall–Kier alpha value is -7.72. The number of rotatable bonds is 7. The Labute approximate surface area is 357 Å². The zero-order valence-corrected chi connectivity index (χ0v) is 33.9. The smallest absolute Gasteiger partial charge is 0.136 e. The molecule has 0 saturated carbocycles. The first-order valence-electron chi connectivity index (χ1n) is 20.7. The van der Waals surface area contributed by atoms with Gasteiger partial charge in [-0.3, -0.25) is 0 Å². The van der Waals surface area contributed by atoms with Gasteiger partial charge in [-0.25, -0.2) is 0 Å². The van der Waals surface area contributed by atoms with Gasteiger partial charge in [-0.05, 0) is 122 Å². The van der Waals surface area contributed by atoms with Crippen molar-refractivity contribution in [2.45, 2.75) is 0 Å². The number of anilines is 3. The van der Waals surface area contributed by atoms with Crippen LogP contribution in [0.15, 0.2) is 229 Å². The maximum atomic E-state index is 6.42. The van der Waals surface area contributed by atoms with Crippen molar-refractivity contribution in [3.63, 3.8) is 0 Å². The van der Waals surface area contributed by atoms with Gasteiger partial charge in [0.15, 0.2) is 0 Å². The molecule has 0 bridgehead atoms. The van der Waals surface area contributed by atoms with Crippen LogP contribution in [0.25, 0.3) is 97.4 Å². The van der Waals surface area contributed by atoms with Crippen LogP contribution in [-0.2, 0) is 0 Å². The lowest BCUT2D eigenvalue weighted by molar-refractivity contribution is 0.669. The molecule has 12 rings (SSSR count). The van der Waals surface area contributed by atoms with Crippen molar-refractivity contribution in [1.82, 2.24) is 0 Å². The molecule has 0 spiro atoms. The third-order valence-corrected chi connectivity index (χ3v) is 13.3. The molecule has 0 radical (unpaired) electrons. The van der Waals surface area contributed by atoms with Gasteiger partial charge in [-0.2, -0.15) is 0 Å². The number of thiophene rings is 1. The molecule has 2 heterocycles. The van der Waals surface area contributed by atoms with E-state index in [4.69, 9.17) is 4.42 Å². The number of benzene rings is 10. The number of hydrogen-bond acceptors (Lipinski definition) is 3. The molecular weight excluding hydrogens is 759 g/mol. The lowest BCUT2D eigenvalue weighted by atomic mass is 9.92. The summed E-state index contributed by atoms with van der Waals surface area (Å²) in [5.74, 6) is 0. The minimum atomic E-state index is 0.893. The van der Waals surface area contributed by atoms with Gasteiger partial charge in [-0.1, -0.05) is 158 Å². The summed E-state index contributed by atoms with van der Waals surface area (Å²) in [5.41, 5.74) is 14.5. The van der Waals surface area contributed by atoms with Gasteiger partial charge >= 0.3 is 0 Å². The molecule has 0 saturated heterocycles. The fourth-order valence-electron chi connectivity index (χ4n) is 9.05. The van der Waals surface area contributed by atoms with E-state index in [2.05, 4.69) is 229 Å². The Bertz CT molecular complexity index is 3570. The fraction of sp³-hybridized carbons (Fsp3) is 0. The van der Waals surface area contributed by atoms with E-state index in [0.717, 1.165) is 61.3 Å². The van der Waals surface area contributed by atoms with Gasteiger partial charge in [-0.15, -0.1) is 11.3 Å². The molecule has 0 aliphatic heterocycles. The maximum absolute atomic E-state index is 6.42. The molecule has 0 atom stereocenters. The van der Waals surface area contributed by atoms with E-state index >= 15 is 0 Å². The molecule has 61 heavy (non-hydrogen) atoms. The summed E-state index contributed by atoms with van der Waals surface area (Å²) < 4.78 is 9.05. The lowest BCUT2D eigenvalue weighted by Gasteiger charge is -2.27. The van der Waals surface area contributed by atoms with Crippen LogP contribution in [0, 0.1) is 0 Å². The normalized spacial score (nSPS) is 11.6. The number of nitrogens with zero attached hydrogens (tertiary/aromatic N) is 1. The second-order valence-corrected chi connectivity index (χ2v) is 16.7. The van der Waals surface area contributed by atoms with Crippen LogP contribution in [0.3, 0.4) is 0 Å². The van der Waals surface area contributed by atoms with Crippen LogP contribution in [0.5, 0.6) is 0 Å². The summed E-state index contributed by atoms with van der Waals surface area (Å²) in [7, 11) is 0. The third-order valence-electron chi connectivity index (χ3n) is 12.1. The number of furan rings is 1. The highest BCUT2D eigenvalue weighted by atomic mass is 32.1. The molecule has 2 aromatic heterocycles. The summed E-state index contributed by atoms with van der Waals surface area (Å²) in [6.45, 7) is 0. The van der Waals surface area contributed by atoms with Crippen molar-refractivity contribution in [1.29, 1.82) is 0 Å². The molecule has 0 N–H and O–H groups in total. The monoisotopic (exact) mass is 795 g/mol. The lowest BCUT2D eigenvalue weighted by Crippen LogP contribution is -2.10. The van der Waals surface area contributed by atoms with Gasteiger partial charge in [0.05, 0.1) is 0 Å². The van der Waals surface area contributed by atoms with Crippen molar-refractivity contribution in [3.05, 3.63) is 224 Å². The molecule has 10 aromatic carbocycles. The van der Waals surface area contributed by atoms with Crippen LogP contribution in [0.2, 0.25) is 0 Å². The van der Waals surface area contributed by atoms with Crippen LogP contribution < -0.4 is 4.90 Å². The maximum Gasteiger partial charge on any atom is 0.136 e. The summed E-state index contributed by atoms with van der Waals surface area (Å²) in [6, 6.07) is 81.2. The molecule has 12 aromatic rings. The van der Waals surface area contributed by atoms with Crippen molar-refractivity contribution < 1.29 is 4.42 Å². The topological polar surface area (TPSA) is 16.4 Å². The molecule has 286 valence electrons. The van der Waals surface area contributed by atoms with E-state index in [1.165, 1.54) is 53.2 Å². The van der Waals surface area contributed by atoms with Crippen LogP contribution in [0.4, 0.5) is 17.1 Å². The highest BCUT2D eigenvalue weighted by molar-refractivity contribution is 7.26. The Morgan fingerprint density at radius 3 is 1.66 bits per heavy atom. The molecular formula is C58H37NOS. The highest BCUT2D eigenvalue weighted by Gasteiger charge is 2.19. The predicted molar refractivity (Wildman–Crippen MR) is 261 cm³/mol. The summed E-state index contributed by atoms with van der Waals surface area (Å²) in [4.78, 5) is 2.38. The second-order valence-electron chi connectivity index (χ2n) is 15.7. The van der Waals surface area contributed by atoms with E-state index in [0.29, 0.717) is 0 Å². The SMILES string of the molecule is c1ccc(-c2ccc(N(c3ccc(-c4cccc5c4sc4ccccc45)cc3)c3ccc(-c4ccc5oc6cc7ccccc7cc6c5c4)c(-c4ccccc4)c3)cc2)cc1. The predicted octanol–water partition coefficient (Wildman–Crippen LogP) is 17.2. The Morgan fingerprint density at radius 1 is 0.311 bits per heavy atom. The first-order chi connectivity index (χ1) is 30.2. The number of fused-ring (bicyclic) bond motifs is 7. The van der Waals surface area contributed by atoms with E-state index in [1.54, 1.807) is 0 Å². The van der Waals surface area contributed by atoms with E-state index < -0.39 is 0 Å². The van der Waals surface area contributed by atoms with E-state index in [9.17, 15) is 0 Å². The average molecular weight is 796 g/mol. The zero-order chi connectivity index (χ0) is 40.3.